The van der Waals surface area contributed by atoms with Crippen LogP contribution in [0.2, 0.25) is 0 Å². The van der Waals surface area contributed by atoms with Crippen LogP contribution in [0, 0.1) is 19.6 Å². The summed E-state index contributed by atoms with van der Waals surface area (Å²) in [5.74, 6) is -1.95. The SMILES string of the molecule is CC[C@@]1(OC(=O)CON=C2c3cc(N=O)cc(N=O)c3-c3c(N=O)cc(N=O)cc32)C(=O)OCc2c1cc1n(c2=O)Cc2cc3cc(O)ccc3nc2-1. The Morgan fingerprint density at radius 3 is 2.23 bits per heavy atom. The van der Waals surface area contributed by atoms with Crippen molar-refractivity contribution in [2.45, 2.75) is 32.1 Å². The van der Waals surface area contributed by atoms with E-state index in [-0.39, 0.29) is 87.2 Å². The van der Waals surface area contributed by atoms with Crippen LogP contribution < -0.4 is 5.56 Å². The molecule has 0 spiro atoms. The van der Waals surface area contributed by atoms with Gasteiger partial charge in [0.15, 0.2) is 0 Å². The van der Waals surface area contributed by atoms with Crippen molar-refractivity contribution >= 4 is 51.3 Å². The third kappa shape index (κ3) is 4.90. The predicted molar refractivity (Wildman–Crippen MR) is 185 cm³/mol. The number of carbonyl (C=O) groups is 2. The first-order chi connectivity index (χ1) is 25.6. The summed E-state index contributed by atoms with van der Waals surface area (Å²) >= 11 is 0. The van der Waals surface area contributed by atoms with Gasteiger partial charge in [0.05, 0.1) is 29.0 Å². The summed E-state index contributed by atoms with van der Waals surface area (Å²) in [6.07, 6.45) is -0.133. The van der Waals surface area contributed by atoms with Crippen molar-refractivity contribution < 1.29 is 29.0 Å². The number of cyclic esters (lactones) is 1. The molecule has 5 aromatic rings. The number of carbonyl (C=O) groups excluding carboxylic acids is 2. The number of aromatic nitrogens is 2. The molecule has 8 rings (SSSR count). The summed E-state index contributed by atoms with van der Waals surface area (Å²) in [5.41, 5.74) is -1.09. The molecule has 1 atom stereocenters. The monoisotopic (exact) mass is 715 g/mol. The first-order valence-corrected chi connectivity index (χ1v) is 15.8. The van der Waals surface area contributed by atoms with E-state index in [1.165, 1.54) is 22.8 Å². The molecule has 0 saturated heterocycles. The van der Waals surface area contributed by atoms with Gasteiger partial charge in [-0.15, -0.1) is 19.6 Å². The average Bonchev–Trinajstić information content (AvgIpc) is 3.69. The fraction of sp³-hybridized carbons (Fsp3) is 0.171. The fourth-order valence-electron chi connectivity index (χ4n) is 7.12. The first kappa shape index (κ1) is 32.8. The van der Waals surface area contributed by atoms with Gasteiger partial charge < -0.3 is 24.0 Å². The topological polar surface area (TPSA) is 247 Å². The van der Waals surface area contributed by atoms with E-state index in [0.29, 0.717) is 27.9 Å². The van der Waals surface area contributed by atoms with E-state index in [1.54, 1.807) is 25.1 Å². The molecule has 3 aromatic carbocycles. The van der Waals surface area contributed by atoms with Gasteiger partial charge in [-0.2, -0.15) is 0 Å². The van der Waals surface area contributed by atoms with Gasteiger partial charge in [-0.3, -0.25) is 4.79 Å². The largest absolute Gasteiger partial charge is 0.508 e. The molecule has 0 saturated carbocycles. The van der Waals surface area contributed by atoms with E-state index in [9.17, 15) is 39.1 Å². The van der Waals surface area contributed by atoms with Gasteiger partial charge >= 0.3 is 11.9 Å². The summed E-state index contributed by atoms with van der Waals surface area (Å²) in [6.45, 7) is 0.481. The Morgan fingerprint density at radius 2 is 1.60 bits per heavy atom. The van der Waals surface area contributed by atoms with Crippen molar-refractivity contribution in [3.05, 3.63) is 112 Å². The smallest absolute Gasteiger partial charge is 0.355 e. The number of pyridine rings is 2. The van der Waals surface area contributed by atoms with Gasteiger partial charge in [0.25, 0.3) is 5.56 Å². The molecule has 2 aliphatic heterocycles. The van der Waals surface area contributed by atoms with E-state index in [4.69, 9.17) is 19.3 Å². The summed E-state index contributed by atoms with van der Waals surface area (Å²) in [5, 5.41) is 26.2. The van der Waals surface area contributed by atoms with E-state index < -0.39 is 29.7 Å². The molecular formula is C35H21N7O11. The van der Waals surface area contributed by atoms with Crippen molar-refractivity contribution in [1.29, 1.82) is 0 Å². The Labute approximate surface area is 294 Å². The zero-order chi connectivity index (χ0) is 37.2. The van der Waals surface area contributed by atoms with Crippen LogP contribution in [-0.2, 0) is 42.7 Å². The molecule has 262 valence electrons. The Morgan fingerprint density at radius 1 is 0.925 bits per heavy atom. The van der Waals surface area contributed by atoms with Gasteiger partial charge in [0, 0.05) is 38.8 Å². The molecule has 0 bridgehead atoms. The number of aromatic hydroxyl groups is 1. The molecule has 53 heavy (non-hydrogen) atoms. The molecule has 1 aliphatic carbocycles. The second kappa shape index (κ2) is 12.1. The number of esters is 2. The number of nitroso groups, excluding NO2 is 4. The number of ether oxygens (including phenoxy) is 2. The summed E-state index contributed by atoms with van der Waals surface area (Å²) in [4.78, 5) is 97.2. The van der Waals surface area contributed by atoms with Crippen LogP contribution in [0.3, 0.4) is 0 Å². The summed E-state index contributed by atoms with van der Waals surface area (Å²) in [6, 6.07) is 12.7. The number of phenols is 1. The minimum Gasteiger partial charge on any atom is -0.508 e. The van der Waals surface area contributed by atoms with Gasteiger partial charge in [-0.05, 0) is 81.7 Å². The average molecular weight is 716 g/mol. The molecule has 0 unspecified atom stereocenters. The Kier molecular flexibility index (Phi) is 7.52. The highest BCUT2D eigenvalue weighted by atomic mass is 16.7. The maximum atomic E-state index is 13.8. The standard InChI is InChI=1S/C35H21N7O11/c1-2-35(23-11-27-31-16(5-15-6-19(43)3-4-24(15)36-31)12-42(27)33(45)22(23)13-51-34(35)46)53-28(44)14-52-41-32-20-7-17(37-47)9-25(39-49)29(20)30-21(32)8-18(38-48)10-26(30)40-50/h3-11,43H,2,12-14H2,1H3/t35-/m0/s1. The number of hydrogen-bond donors (Lipinski definition) is 1. The molecule has 1 N–H and O–H groups in total. The van der Waals surface area contributed by atoms with Gasteiger partial charge in [0.2, 0.25) is 12.2 Å². The van der Waals surface area contributed by atoms with E-state index in [2.05, 4.69) is 25.9 Å². The molecule has 2 aromatic heterocycles. The van der Waals surface area contributed by atoms with E-state index >= 15 is 0 Å². The summed E-state index contributed by atoms with van der Waals surface area (Å²) < 4.78 is 12.6. The Hall–Kier alpha value is -7.37. The Bertz CT molecular complexity index is 2560. The maximum Gasteiger partial charge on any atom is 0.355 e. The van der Waals surface area contributed by atoms with Crippen LogP contribution in [0.25, 0.3) is 33.4 Å². The van der Waals surface area contributed by atoms with Crippen molar-refractivity contribution in [1.82, 2.24) is 9.55 Å². The van der Waals surface area contributed by atoms with E-state index in [0.717, 1.165) is 12.1 Å². The molecule has 0 amide bonds. The van der Waals surface area contributed by atoms with Crippen LogP contribution >= 0.6 is 0 Å². The summed E-state index contributed by atoms with van der Waals surface area (Å²) in [7, 11) is 0. The molecule has 18 nitrogen and oxygen atoms in total. The van der Waals surface area contributed by atoms with Crippen LogP contribution in [0.5, 0.6) is 5.75 Å². The van der Waals surface area contributed by atoms with Gasteiger partial charge in [-0.1, -0.05) is 12.1 Å². The third-order valence-electron chi connectivity index (χ3n) is 9.46. The van der Waals surface area contributed by atoms with Crippen LogP contribution in [0.1, 0.15) is 41.2 Å². The molecular weight excluding hydrogens is 694 g/mol. The fourth-order valence-corrected chi connectivity index (χ4v) is 7.12. The number of oxime groups is 1. The third-order valence-corrected chi connectivity index (χ3v) is 9.46. The minimum atomic E-state index is -2.06. The van der Waals surface area contributed by atoms with Crippen LogP contribution in [0.4, 0.5) is 22.7 Å². The number of benzene rings is 3. The number of fused-ring (bicyclic) bond motifs is 8. The lowest BCUT2D eigenvalue weighted by Crippen LogP contribution is -2.48. The van der Waals surface area contributed by atoms with E-state index in [1.807, 2.05) is 6.07 Å². The zero-order valence-electron chi connectivity index (χ0n) is 27.2. The molecule has 18 heteroatoms. The Balaban J connectivity index is 1.14. The van der Waals surface area contributed by atoms with Crippen LogP contribution in [-0.4, -0.2) is 38.9 Å². The van der Waals surface area contributed by atoms with Crippen molar-refractivity contribution in [2.75, 3.05) is 6.61 Å². The highest BCUT2D eigenvalue weighted by molar-refractivity contribution is 6.28. The number of nitrogens with zero attached hydrogens (tertiary/aromatic N) is 7. The lowest BCUT2D eigenvalue weighted by atomic mass is 9.85. The van der Waals surface area contributed by atoms with Gasteiger partial charge in [-0.25, -0.2) is 14.6 Å². The van der Waals surface area contributed by atoms with Gasteiger partial charge in [0.1, 0.15) is 40.8 Å². The molecule has 0 fully saturated rings. The second-order valence-corrected chi connectivity index (χ2v) is 12.3. The highest BCUT2D eigenvalue weighted by Crippen LogP contribution is 2.51. The van der Waals surface area contributed by atoms with Crippen LogP contribution in [0.15, 0.2) is 85.3 Å². The first-order valence-electron chi connectivity index (χ1n) is 15.8. The zero-order valence-corrected chi connectivity index (χ0v) is 27.2. The number of rotatable bonds is 9. The molecule has 3 aliphatic rings. The predicted octanol–water partition coefficient (Wildman–Crippen LogP) is 6.38. The van der Waals surface area contributed by atoms with Crippen molar-refractivity contribution in [2.24, 2.45) is 25.9 Å². The second-order valence-electron chi connectivity index (χ2n) is 12.3. The number of phenolic OH excluding ortho intramolecular Hbond substituents is 1. The lowest BCUT2D eigenvalue weighted by molar-refractivity contribution is -0.191. The number of hydrogen-bond acceptors (Lipinski definition) is 17. The van der Waals surface area contributed by atoms with Crippen molar-refractivity contribution in [3.63, 3.8) is 0 Å². The lowest BCUT2D eigenvalue weighted by Gasteiger charge is -2.35. The normalized spacial score (nSPS) is 16.0. The van der Waals surface area contributed by atoms with Crippen molar-refractivity contribution in [3.8, 4) is 28.3 Å². The molecule has 4 heterocycles. The molecule has 0 radical (unpaired) electrons. The minimum absolute atomic E-state index is 0.0481. The quantitative estimate of drug-likeness (QED) is 0.0972. The highest BCUT2D eigenvalue weighted by Gasteiger charge is 2.50. The maximum absolute atomic E-state index is 13.8.